The number of unbranched alkanes of at least 4 members (excludes halogenated alkanes) is 1. The van der Waals surface area contributed by atoms with Gasteiger partial charge in [0.1, 0.15) is 5.82 Å². The minimum absolute atomic E-state index is 0.233. The maximum absolute atomic E-state index is 13.9. The third kappa shape index (κ3) is 5.60. The van der Waals surface area contributed by atoms with Gasteiger partial charge < -0.3 is 26.6 Å². The number of nitrogens with zero attached hydrogens (tertiary/aromatic N) is 3. The molecule has 0 saturated carbocycles. The molecule has 0 saturated heterocycles. The predicted octanol–water partition coefficient (Wildman–Crippen LogP) is 0.00470. The molecule has 1 aromatic rings. The molecule has 1 aliphatic heterocycles. The Morgan fingerprint density at radius 2 is 2.08 bits per heavy atom. The highest BCUT2D eigenvalue weighted by atomic mass is 19.1. The Labute approximate surface area is 140 Å². The Bertz CT molecular complexity index is 536. The van der Waals surface area contributed by atoms with E-state index in [1.807, 2.05) is 0 Å². The van der Waals surface area contributed by atoms with Crippen LogP contribution in [0.2, 0.25) is 6.32 Å². The third-order valence-corrected chi connectivity index (χ3v) is 3.46. The smallest absolute Gasteiger partial charge is 0.427 e. The van der Waals surface area contributed by atoms with Crippen LogP contribution in [0.3, 0.4) is 0 Å². The van der Waals surface area contributed by atoms with Crippen LogP contribution in [0, 0.1) is 5.82 Å². The van der Waals surface area contributed by atoms with Crippen LogP contribution in [0.5, 0.6) is 0 Å². The molecule has 2 atom stereocenters. The zero-order valence-corrected chi connectivity index (χ0v) is 13.5. The van der Waals surface area contributed by atoms with E-state index in [2.05, 4.69) is 15.9 Å². The summed E-state index contributed by atoms with van der Waals surface area (Å²) in [5.74, 6) is -0.449. The van der Waals surface area contributed by atoms with Crippen molar-refractivity contribution in [3.63, 3.8) is 0 Å². The normalized spacial score (nSPS) is 17.1. The van der Waals surface area contributed by atoms with Gasteiger partial charge in [0, 0.05) is 18.8 Å². The van der Waals surface area contributed by atoms with Crippen molar-refractivity contribution in [3.05, 3.63) is 24.0 Å². The average molecular weight is 342 g/mol. The largest absolute Gasteiger partial charge is 0.451 e. The summed E-state index contributed by atoms with van der Waals surface area (Å²) in [4.78, 5) is 0. The number of nitrogens with two attached hydrogens (primary N) is 2. The average Bonchev–Trinajstić information content (AvgIpc) is 3.05. The van der Waals surface area contributed by atoms with E-state index in [4.69, 9.17) is 26.6 Å². The van der Waals surface area contributed by atoms with Gasteiger partial charge in [0.15, 0.2) is 6.17 Å². The van der Waals surface area contributed by atoms with Gasteiger partial charge in [0.05, 0.1) is 5.69 Å². The molecule has 0 bridgehead atoms. The van der Waals surface area contributed by atoms with Crippen LogP contribution in [0.1, 0.15) is 19.3 Å². The second-order valence-corrected chi connectivity index (χ2v) is 5.24. The predicted molar refractivity (Wildman–Crippen MR) is 90.0 cm³/mol. The van der Waals surface area contributed by atoms with Gasteiger partial charge in [0.25, 0.3) is 0 Å². The molecule has 8 N–H and O–H groups in total. The number of anilines is 2. The lowest BCUT2D eigenvalue weighted by Crippen LogP contribution is -2.48. The number of nitrogen functional groups attached to an aromatic ring is 1. The number of nitrogens with one attached hydrogen (secondary N) is 1. The zero-order chi connectivity index (χ0) is 18.1. The fourth-order valence-corrected chi connectivity index (χ4v) is 2.29. The van der Waals surface area contributed by atoms with E-state index in [1.54, 1.807) is 0 Å². The standard InChI is InChI=1S/C12H20BFN6O2.CH4O/c14-9-5-4-8(15)7-11(9)20-12(17-18-19-20)10(16)3-1-2-6-13(21)22;1-2/h4-5,7,10,12,21-22H,1-3,6,15-16H2,(H,17,19);2H,1H3. The number of hydrogen-bond acceptors (Lipinski definition) is 9. The molecule has 1 aliphatic rings. The molecule has 1 aromatic carbocycles. The van der Waals surface area contributed by atoms with Crippen LogP contribution in [0.4, 0.5) is 15.8 Å². The van der Waals surface area contributed by atoms with Gasteiger partial charge >= 0.3 is 7.12 Å². The number of hydrazine groups is 1. The second kappa shape index (κ2) is 10.0. The first-order valence-corrected chi connectivity index (χ1v) is 7.55. The van der Waals surface area contributed by atoms with E-state index in [0.717, 1.165) is 7.11 Å². The summed E-state index contributed by atoms with van der Waals surface area (Å²) in [6.45, 7) is 0. The molecule has 134 valence electrons. The summed E-state index contributed by atoms with van der Waals surface area (Å²) in [7, 11) is -0.304. The summed E-state index contributed by atoms with van der Waals surface area (Å²) >= 11 is 0. The number of hydrogen-bond donors (Lipinski definition) is 6. The van der Waals surface area contributed by atoms with Gasteiger partial charge in [-0.1, -0.05) is 18.1 Å². The van der Waals surface area contributed by atoms with Gasteiger partial charge in [-0.3, -0.25) is 0 Å². The monoisotopic (exact) mass is 342 g/mol. The highest BCUT2D eigenvalue weighted by Crippen LogP contribution is 2.27. The molecule has 0 aromatic heterocycles. The van der Waals surface area contributed by atoms with Gasteiger partial charge in [-0.15, -0.1) is 5.11 Å². The van der Waals surface area contributed by atoms with Gasteiger partial charge in [-0.2, -0.15) is 5.53 Å². The van der Waals surface area contributed by atoms with Crippen molar-refractivity contribution < 1.29 is 19.5 Å². The van der Waals surface area contributed by atoms with Gasteiger partial charge in [-0.25, -0.2) is 9.40 Å². The Morgan fingerprint density at radius 1 is 1.38 bits per heavy atom. The molecule has 0 amide bonds. The molecule has 0 spiro atoms. The molecule has 0 radical (unpaired) electrons. The Balaban J connectivity index is 0.00000139. The first-order valence-electron chi connectivity index (χ1n) is 7.55. The fraction of sp³-hybridized carbons (Fsp3) is 0.538. The molecule has 9 nitrogen and oxygen atoms in total. The minimum atomic E-state index is -1.30. The van der Waals surface area contributed by atoms with Crippen molar-refractivity contribution in [2.24, 2.45) is 16.1 Å². The van der Waals surface area contributed by atoms with Crippen LogP contribution >= 0.6 is 0 Å². The third-order valence-electron chi connectivity index (χ3n) is 3.46. The lowest BCUT2D eigenvalue weighted by Gasteiger charge is -2.27. The van der Waals surface area contributed by atoms with E-state index >= 15 is 0 Å². The van der Waals surface area contributed by atoms with Crippen LogP contribution in [0.25, 0.3) is 0 Å². The summed E-state index contributed by atoms with van der Waals surface area (Å²) in [6, 6.07) is 3.85. The van der Waals surface area contributed by atoms with Crippen LogP contribution in [-0.2, 0) is 0 Å². The molecule has 2 rings (SSSR count). The number of rotatable bonds is 7. The molecular formula is C13H24BFN6O3. The molecule has 24 heavy (non-hydrogen) atoms. The molecule has 11 heteroatoms. The number of halogens is 1. The highest BCUT2D eigenvalue weighted by molar-refractivity contribution is 6.40. The van der Waals surface area contributed by atoms with Crippen molar-refractivity contribution in [1.82, 2.24) is 5.53 Å². The molecule has 0 aliphatic carbocycles. The first-order chi connectivity index (χ1) is 11.5. The van der Waals surface area contributed by atoms with E-state index in [0.29, 0.717) is 31.3 Å². The first kappa shape index (κ1) is 20.1. The fourth-order valence-electron chi connectivity index (χ4n) is 2.29. The molecule has 0 fully saturated rings. The van der Waals surface area contributed by atoms with E-state index < -0.39 is 19.1 Å². The van der Waals surface area contributed by atoms with Gasteiger partial charge in [-0.05, 0) is 30.9 Å². The number of benzene rings is 1. The Hall–Kier alpha value is -1.95. The summed E-state index contributed by atoms with van der Waals surface area (Å²) in [6.07, 6.45) is 1.69. The van der Waals surface area contributed by atoms with E-state index in [-0.39, 0.29) is 11.7 Å². The van der Waals surface area contributed by atoms with Crippen LogP contribution < -0.4 is 22.0 Å². The second-order valence-electron chi connectivity index (χ2n) is 5.24. The minimum Gasteiger partial charge on any atom is -0.427 e. The van der Waals surface area contributed by atoms with Crippen molar-refractivity contribution >= 4 is 18.5 Å². The van der Waals surface area contributed by atoms with Crippen LogP contribution in [-0.4, -0.2) is 41.6 Å². The van der Waals surface area contributed by atoms with Crippen molar-refractivity contribution in [2.45, 2.75) is 37.8 Å². The summed E-state index contributed by atoms with van der Waals surface area (Å²) < 4.78 is 13.9. The maximum Gasteiger partial charge on any atom is 0.451 e. The number of aliphatic hydroxyl groups excluding tert-OH is 1. The van der Waals surface area contributed by atoms with E-state index in [1.165, 1.54) is 23.2 Å². The summed E-state index contributed by atoms with van der Waals surface area (Å²) in [5.41, 5.74) is 15.1. The number of aliphatic hydroxyl groups is 1. The molecule has 2 unspecified atom stereocenters. The van der Waals surface area contributed by atoms with Gasteiger partial charge in [0.2, 0.25) is 0 Å². The Morgan fingerprint density at radius 3 is 2.75 bits per heavy atom. The van der Waals surface area contributed by atoms with Crippen molar-refractivity contribution in [2.75, 3.05) is 17.9 Å². The SMILES string of the molecule is CO.Nc1ccc(F)c(N2NN=NC2C(N)CCCCB(O)O)c1. The van der Waals surface area contributed by atoms with Crippen molar-refractivity contribution in [3.8, 4) is 0 Å². The Kier molecular flexibility index (Phi) is 8.40. The van der Waals surface area contributed by atoms with E-state index in [9.17, 15) is 4.39 Å². The lowest BCUT2D eigenvalue weighted by molar-refractivity contribution is 0.398. The summed E-state index contributed by atoms with van der Waals surface area (Å²) in [5, 5.41) is 33.7. The molecular weight excluding hydrogens is 318 g/mol. The van der Waals surface area contributed by atoms with Crippen LogP contribution in [0.15, 0.2) is 28.5 Å². The zero-order valence-electron chi connectivity index (χ0n) is 13.5. The van der Waals surface area contributed by atoms with Crippen molar-refractivity contribution in [1.29, 1.82) is 0 Å². The quantitative estimate of drug-likeness (QED) is 0.232. The molecule has 1 heterocycles. The lowest BCUT2D eigenvalue weighted by atomic mass is 9.83. The topological polar surface area (TPSA) is 153 Å². The highest BCUT2D eigenvalue weighted by Gasteiger charge is 2.30. The maximum atomic E-state index is 13.9.